The van der Waals surface area contributed by atoms with Crippen molar-refractivity contribution < 1.29 is 19.5 Å². The minimum Gasteiger partial charge on any atom is -0.662 e. The first kappa shape index (κ1) is 34.5. The normalized spacial score (nSPS) is 22.4. The molecular formula is C25H49N5SZn-2. The van der Waals surface area contributed by atoms with Crippen molar-refractivity contribution in [3.63, 3.8) is 0 Å². The molecular weight excluding hydrogens is 468 g/mol. The Kier molecular flexibility index (Phi) is 27.9. The number of nitrogens with zero attached hydrogens (tertiary/aromatic N) is 5. The smallest absolute Gasteiger partial charge is 0.662 e. The summed E-state index contributed by atoms with van der Waals surface area (Å²) in [4.78, 5) is 0. The molecule has 0 aliphatic carbocycles. The van der Waals surface area contributed by atoms with E-state index in [0.29, 0.717) is 0 Å². The zero-order valence-corrected chi connectivity index (χ0v) is 25.4. The van der Waals surface area contributed by atoms with Gasteiger partial charge < -0.3 is 21.3 Å². The average Bonchev–Trinajstić information content (AvgIpc) is 2.78. The van der Waals surface area contributed by atoms with Gasteiger partial charge in [-0.05, 0) is 23.7 Å². The molecule has 0 amide bonds. The van der Waals surface area contributed by atoms with E-state index in [1.54, 1.807) is 0 Å². The van der Waals surface area contributed by atoms with Crippen molar-refractivity contribution in [3.05, 3.63) is 21.3 Å². The second-order valence-electron chi connectivity index (χ2n) is 9.51. The summed E-state index contributed by atoms with van der Waals surface area (Å²) in [6.07, 6.45) is 10.6. The van der Waals surface area contributed by atoms with Crippen LogP contribution in [0.15, 0.2) is 0 Å². The second-order valence-corrected chi connectivity index (χ2v) is 9.71. The largest absolute Gasteiger partial charge is 2.00 e. The molecule has 4 aliphatic rings. The molecule has 0 spiro atoms. The number of hydrogen-bond donors (Lipinski definition) is 1. The summed E-state index contributed by atoms with van der Waals surface area (Å²) in [5.41, 5.74) is 0. The van der Waals surface area contributed by atoms with Crippen molar-refractivity contribution in [2.75, 3.05) is 52.4 Å². The molecule has 0 radical (unpaired) electrons. The Bertz CT molecular complexity index is 334. The number of thiol groups is 1. The van der Waals surface area contributed by atoms with E-state index < -0.39 is 0 Å². The number of thiocyanates is 1. The van der Waals surface area contributed by atoms with Crippen LogP contribution < -0.4 is 0 Å². The maximum absolute atomic E-state index is 7.18. The zero-order chi connectivity index (χ0) is 23.2. The number of hydrogen-bond acceptors (Lipinski definition) is 2. The van der Waals surface area contributed by atoms with Crippen LogP contribution in [0.3, 0.4) is 0 Å². The molecule has 4 heterocycles. The first-order valence-corrected chi connectivity index (χ1v) is 13.0. The Labute approximate surface area is 218 Å². The van der Waals surface area contributed by atoms with Gasteiger partial charge in [0, 0.05) is 0 Å². The van der Waals surface area contributed by atoms with E-state index in [-0.39, 0.29) is 19.5 Å². The third-order valence-corrected chi connectivity index (χ3v) is 6.24. The van der Waals surface area contributed by atoms with Crippen LogP contribution in [0.4, 0.5) is 0 Å². The molecule has 184 valence electrons. The molecule has 0 N–H and O–H groups in total. The fourth-order valence-electron chi connectivity index (χ4n) is 3.52. The minimum absolute atomic E-state index is 0. The molecule has 0 aromatic heterocycles. The first-order chi connectivity index (χ1) is 15.0. The van der Waals surface area contributed by atoms with E-state index in [1.165, 1.54) is 56.8 Å². The monoisotopic (exact) mass is 515 g/mol. The summed E-state index contributed by atoms with van der Waals surface area (Å²) in [5.74, 6) is 3.77. The molecule has 5 nitrogen and oxygen atoms in total. The van der Waals surface area contributed by atoms with Crippen molar-refractivity contribution in [2.45, 2.75) is 79.1 Å². The molecule has 0 saturated carbocycles. The van der Waals surface area contributed by atoms with Gasteiger partial charge in [-0.3, -0.25) is 0 Å². The molecule has 4 fully saturated rings. The summed E-state index contributed by atoms with van der Waals surface area (Å²) >= 11 is 3.09. The van der Waals surface area contributed by atoms with Crippen LogP contribution in [0.25, 0.3) is 21.3 Å². The van der Waals surface area contributed by atoms with Gasteiger partial charge in [0.15, 0.2) is 0 Å². The number of rotatable bonds is 0. The minimum atomic E-state index is 0. The van der Waals surface area contributed by atoms with E-state index in [4.69, 9.17) is 5.26 Å². The van der Waals surface area contributed by atoms with E-state index in [0.717, 1.165) is 76.0 Å². The predicted molar refractivity (Wildman–Crippen MR) is 141 cm³/mol. The standard InChI is InChI=1S/4C6H12N.CHNS.Zn/c4*1-6-2-4-7-5-3-6;2-1-3;/h4*6H,2-5H2,1H3;3H;/q4*-1;;+2. The molecule has 0 bridgehead atoms. The van der Waals surface area contributed by atoms with Gasteiger partial charge in [0.25, 0.3) is 0 Å². The average molecular weight is 517 g/mol. The molecule has 0 unspecified atom stereocenters. The molecule has 7 heteroatoms. The quantitative estimate of drug-likeness (QED) is 0.201. The van der Waals surface area contributed by atoms with Gasteiger partial charge in [0.05, 0.1) is 0 Å². The van der Waals surface area contributed by atoms with Crippen LogP contribution in [0, 0.1) is 34.3 Å². The van der Waals surface area contributed by atoms with Gasteiger partial charge in [-0.25, -0.2) is 0 Å². The second kappa shape index (κ2) is 25.9. The Morgan fingerprint density at radius 3 is 0.688 bits per heavy atom. The van der Waals surface area contributed by atoms with Crippen molar-refractivity contribution in [2.24, 2.45) is 23.7 Å². The number of piperidine rings is 4. The maximum atomic E-state index is 7.18. The third-order valence-electron chi connectivity index (χ3n) is 6.24. The zero-order valence-electron chi connectivity index (χ0n) is 21.5. The van der Waals surface area contributed by atoms with Gasteiger partial charge in [-0.2, -0.15) is 5.26 Å². The topological polar surface area (TPSA) is 80.2 Å². The van der Waals surface area contributed by atoms with Gasteiger partial charge in [0.2, 0.25) is 0 Å². The Hall–Kier alpha value is 0.303. The third kappa shape index (κ3) is 24.9. The fourth-order valence-corrected chi connectivity index (χ4v) is 3.52. The van der Waals surface area contributed by atoms with Crippen LogP contribution in [-0.2, 0) is 19.5 Å². The molecule has 4 saturated heterocycles. The van der Waals surface area contributed by atoms with Crippen molar-refractivity contribution >= 4 is 12.6 Å². The Morgan fingerprint density at radius 1 is 0.500 bits per heavy atom. The van der Waals surface area contributed by atoms with E-state index in [2.05, 4.69) is 61.6 Å². The fraction of sp³-hybridized carbons (Fsp3) is 0.960. The summed E-state index contributed by atoms with van der Waals surface area (Å²) in [6, 6.07) is 0. The van der Waals surface area contributed by atoms with Crippen LogP contribution in [0.5, 0.6) is 0 Å². The number of nitriles is 1. The van der Waals surface area contributed by atoms with E-state index in [9.17, 15) is 0 Å². The molecule has 4 aliphatic heterocycles. The molecule has 0 atom stereocenters. The Morgan fingerprint density at radius 2 is 0.625 bits per heavy atom. The van der Waals surface area contributed by atoms with Crippen molar-refractivity contribution in [1.82, 2.24) is 0 Å². The van der Waals surface area contributed by atoms with Crippen molar-refractivity contribution in [3.8, 4) is 5.40 Å². The summed E-state index contributed by atoms with van der Waals surface area (Å²) < 4.78 is 0. The van der Waals surface area contributed by atoms with Gasteiger partial charge in [-0.15, -0.1) is 52.4 Å². The van der Waals surface area contributed by atoms with Gasteiger partial charge in [-0.1, -0.05) is 91.7 Å². The van der Waals surface area contributed by atoms with Gasteiger partial charge >= 0.3 is 19.5 Å². The summed E-state index contributed by atoms with van der Waals surface area (Å²) in [6.45, 7) is 18.1. The molecule has 4 rings (SSSR count). The summed E-state index contributed by atoms with van der Waals surface area (Å²) in [5, 5.41) is 25.5. The SMILES string of the molecule is CC1CC[N-]CC1.CC1CC[N-]CC1.CC1CC[N-]CC1.CC1CC[N-]CC1.N#CS.[Zn+2]. The van der Waals surface area contributed by atoms with Crippen LogP contribution in [0.2, 0.25) is 0 Å². The molecule has 0 aromatic carbocycles. The van der Waals surface area contributed by atoms with Crippen LogP contribution >= 0.6 is 12.6 Å². The van der Waals surface area contributed by atoms with E-state index >= 15 is 0 Å². The first-order valence-electron chi connectivity index (χ1n) is 12.6. The van der Waals surface area contributed by atoms with Crippen LogP contribution in [0.1, 0.15) is 79.1 Å². The van der Waals surface area contributed by atoms with Gasteiger partial charge in [0.1, 0.15) is 5.40 Å². The van der Waals surface area contributed by atoms with E-state index in [1.807, 2.05) is 0 Å². The molecule has 0 aromatic rings. The predicted octanol–water partition coefficient (Wildman–Crippen LogP) is 7.55. The summed E-state index contributed by atoms with van der Waals surface area (Å²) in [7, 11) is 0. The van der Waals surface area contributed by atoms with Crippen molar-refractivity contribution in [1.29, 1.82) is 5.26 Å². The van der Waals surface area contributed by atoms with Crippen LogP contribution in [-0.4, -0.2) is 52.4 Å². The molecule has 32 heavy (non-hydrogen) atoms. The Balaban J connectivity index is 0. The maximum Gasteiger partial charge on any atom is 2.00 e.